The predicted molar refractivity (Wildman–Crippen MR) is 61.5 cm³/mol. The third kappa shape index (κ3) is 1.32. The Morgan fingerprint density at radius 3 is 2.13 bits per heavy atom. The fourth-order valence-corrected chi connectivity index (χ4v) is 1.75. The fourth-order valence-electron chi connectivity index (χ4n) is 1.50. The molecule has 0 radical (unpaired) electrons. The topological polar surface area (TPSA) is 52.8 Å². The summed E-state index contributed by atoms with van der Waals surface area (Å²) in [6.07, 6.45) is 0. The van der Waals surface area contributed by atoms with E-state index in [9.17, 15) is 10.2 Å². The normalized spacial score (nSPS) is 10.5. The first kappa shape index (κ1) is 9.80. The van der Waals surface area contributed by atoms with Crippen LogP contribution in [0.15, 0.2) is 29.3 Å². The van der Waals surface area contributed by atoms with Gasteiger partial charge in [0, 0.05) is 10.8 Å². The zero-order chi connectivity index (χ0) is 11.0. The molecule has 0 aliphatic heterocycles. The maximum atomic E-state index is 9.83. The molecule has 0 heterocycles. The molecule has 0 fully saturated rings. The van der Waals surface area contributed by atoms with Gasteiger partial charge >= 0.3 is 0 Å². The zero-order valence-corrected chi connectivity index (χ0v) is 8.49. The first-order chi connectivity index (χ1) is 7.16. The summed E-state index contributed by atoms with van der Waals surface area (Å²) in [5.41, 5.74) is 0.105. The Labute approximate surface area is 91.3 Å². The maximum absolute atomic E-state index is 9.83. The van der Waals surface area contributed by atoms with Crippen molar-refractivity contribution in [1.82, 2.24) is 0 Å². The molecule has 3 nitrogen and oxygen atoms in total. The Bertz CT molecular complexity index is 552. The van der Waals surface area contributed by atoms with E-state index < -0.39 is 0 Å². The van der Waals surface area contributed by atoms with Gasteiger partial charge in [0.15, 0.2) is 5.75 Å². The predicted octanol–water partition coefficient (Wildman–Crippen LogP) is 3.24. The van der Waals surface area contributed by atoms with Gasteiger partial charge in [0.2, 0.25) is 0 Å². The molecule has 2 aromatic carbocycles. The number of halogens is 1. The van der Waals surface area contributed by atoms with E-state index in [1.165, 1.54) is 0 Å². The van der Waals surface area contributed by atoms with Crippen LogP contribution in [0.4, 0.5) is 5.69 Å². The number of phenolic OH excluding ortho intramolecular Hbond substituents is 2. The summed E-state index contributed by atoms with van der Waals surface area (Å²) in [6, 6.07) is 6.85. The summed E-state index contributed by atoms with van der Waals surface area (Å²) in [5, 5.41) is 20.6. The van der Waals surface area contributed by atoms with E-state index in [1.807, 2.05) is 0 Å². The third-order valence-electron chi connectivity index (χ3n) is 2.24. The molecule has 2 aromatic rings. The highest BCUT2D eigenvalue weighted by atomic mass is 35.5. The first-order valence-electron chi connectivity index (χ1n) is 4.25. The molecule has 0 spiro atoms. The molecule has 0 aliphatic rings. The number of hydrogen-bond donors (Lipinski definition) is 2. The minimum Gasteiger partial charge on any atom is -0.506 e. The van der Waals surface area contributed by atoms with Crippen molar-refractivity contribution in [1.29, 1.82) is 0 Å². The largest absolute Gasteiger partial charge is 0.506 e. The lowest BCUT2D eigenvalue weighted by atomic mass is 10.1. The van der Waals surface area contributed by atoms with Gasteiger partial charge in [0.25, 0.3) is 0 Å². The van der Waals surface area contributed by atoms with Crippen LogP contribution in [0.2, 0.25) is 5.02 Å². The molecule has 0 amide bonds. The second-order valence-corrected chi connectivity index (χ2v) is 3.44. The highest BCUT2D eigenvalue weighted by Crippen LogP contribution is 2.47. The summed E-state index contributed by atoms with van der Waals surface area (Å²) in [5.74, 6) is -0.157. The third-order valence-corrected chi connectivity index (χ3v) is 2.59. The molecule has 76 valence electrons. The van der Waals surface area contributed by atoms with Crippen LogP contribution in [-0.4, -0.2) is 16.9 Å². The van der Waals surface area contributed by atoms with Crippen LogP contribution < -0.4 is 0 Å². The molecule has 0 bridgehead atoms. The Hall–Kier alpha value is -1.74. The van der Waals surface area contributed by atoms with E-state index in [0.29, 0.717) is 10.8 Å². The van der Waals surface area contributed by atoms with E-state index in [0.717, 1.165) is 0 Å². The summed E-state index contributed by atoms with van der Waals surface area (Å²) in [4.78, 5) is 3.59. The zero-order valence-electron chi connectivity index (χ0n) is 7.74. The standard InChI is InChI=1S/C11H8ClNO2/c1-13-9-8(12)10(14)6-4-2-3-5-7(6)11(9)15/h2-5,14-15H,1H2. The minimum atomic E-state index is -0.0903. The Balaban J connectivity index is 3.02. The van der Waals surface area contributed by atoms with E-state index in [1.54, 1.807) is 24.3 Å². The van der Waals surface area contributed by atoms with Gasteiger partial charge in [0.05, 0.1) is 0 Å². The monoisotopic (exact) mass is 221 g/mol. The van der Waals surface area contributed by atoms with Gasteiger partial charge in [-0.05, 0) is 6.72 Å². The molecule has 0 unspecified atom stereocenters. The number of nitrogens with zero attached hydrogens (tertiary/aromatic N) is 1. The SMILES string of the molecule is C=Nc1c(Cl)c(O)c2ccccc2c1O. The number of aromatic hydroxyl groups is 2. The van der Waals surface area contributed by atoms with Crippen molar-refractivity contribution < 1.29 is 10.2 Å². The van der Waals surface area contributed by atoms with Crippen LogP contribution >= 0.6 is 11.6 Å². The van der Waals surface area contributed by atoms with Crippen LogP contribution in [-0.2, 0) is 0 Å². The van der Waals surface area contributed by atoms with Gasteiger partial charge in [-0.15, -0.1) is 0 Å². The molecule has 0 atom stereocenters. The summed E-state index contributed by atoms with van der Waals surface area (Å²) < 4.78 is 0. The lowest BCUT2D eigenvalue weighted by molar-refractivity contribution is 0.471. The summed E-state index contributed by atoms with van der Waals surface area (Å²) in [6.45, 7) is 3.29. The van der Waals surface area contributed by atoms with Crippen molar-refractivity contribution in [3.63, 3.8) is 0 Å². The Kier molecular flexibility index (Phi) is 2.25. The lowest BCUT2D eigenvalue weighted by Crippen LogP contribution is -1.79. The van der Waals surface area contributed by atoms with Crippen molar-refractivity contribution >= 4 is 34.8 Å². The van der Waals surface area contributed by atoms with Gasteiger partial charge in [-0.1, -0.05) is 35.9 Å². The molecule has 4 heteroatoms. The quantitative estimate of drug-likeness (QED) is 0.574. The van der Waals surface area contributed by atoms with Crippen LogP contribution in [0.1, 0.15) is 0 Å². The summed E-state index contributed by atoms with van der Waals surface area (Å²) >= 11 is 5.83. The lowest BCUT2D eigenvalue weighted by Gasteiger charge is -2.08. The Morgan fingerprint density at radius 1 is 1.07 bits per heavy atom. The van der Waals surface area contributed by atoms with Crippen LogP contribution in [0, 0.1) is 0 Å². The molecule has 0 aromatic heterocycles. The number of phenols is 2. The van der Waals surface area contributed by atoms with E-state index in [-0.39, 0.29) is 22.2 Å². The second-order valence-electron chi connectivity index (χ2n) is 3.06. The van der Waals surface area contributed by atoms with E-state index >= 15 is 0 Å². The highest BCUT2D eigenvalue weighted by Gasteiger charge is 2.15. The fraction of sp³-hybridized carbons (Fsp3) is 0. The number of benzene rings is 2. The van der Waals surface area contributed by atoms with E-state index in [2.05, 4.69) is 11.7 Å². The molecule has 15 heavy (non-hydrogen) atoms. The molecule has 0 saturated heterocycles. The highest BCUT2D eigenvalue weighted by molar-refractivity contribution is 6.36. The molecular formula is C11H8ClNO2. The van der Waals surface area contributed by atoms with Gasteiger partial charge in [0.1, 0.15) is 16.5 Å². The van der Waals surface area contributed by atoms with Crippen molar-refractivity contribution in [2.24, 2.45) is 4.99 Å². The Morgan fingerprint density at radius 2 is 1.60 bits per heavy atom. The van der Waals surface area contributed by atoms with Crippen LogP contribution in [0.25, 0.3) is 10.8 Å². The average molecular weight is 222 g/mol. The molecular weight excluding hydrogens is 214 g/mol. The molecule has 2 rings (SSSR count). The average Bonchev–Trinajstić information content (AvgIpc) is 2.27. The van der Waals surface area contributed by atoms with Gasteiger partial charge in [-0.25, -0.2) is 0 Å². The maximum Gasteiger partial charge on any atom is 0.150 e. The first-order valence-corrected chi connectivity index (χ1v) is 4.63. The van der Waals surface area contributed by atoms with Crippen LogP contribution in [0.5, 0.6) is 11.5 Å². The van der Waals surface area contributed by atoms with Gasteiger partial charge in [-0.3, -0.25) is 4.99 Å². The summed E-state index contributed by atoms with van der Waals surface area (Å²) in [7, 11) is 0. The number of fused-ring (bicyclic) bond motifs is 1. The van der Waals surface area contributed by atoms with E-state index in [4.69, 9.17) is 11.6 Å². The van der Waals surface area contributed by atoms with Crippen molar-refractivity contribution in [2.45, 2.75) is 0 Å². The smallest absolute Gasteiger partial charge is 0.150 e. The van der Waals surface area contributed by atoms with Crippen molar-refractivity contribution in [3.05, 3.63) is 29.3 Å². The van der Waals surface area contributed by atoms with Crippen molar-refractivity contribution in [2.75, 3.05) is 0 Å². The molecule has 0 saturated carbocycles. The molecule has 0 aliphatic carbocycles. The van der Waals surface area contributed by atoms with Gasteiger partial charge in [-0.2, -0.15) is 0 Å². The molecule has 2 N–H and O–H groups in total. The van der Waals surface area contributed by atoms with Crippen LogP contribution in [0.3, 0.4) is 0 Å². The number of rotatable bonds is 1. The van der Waals surface area contributed by atoms with Crippen molar-refractivity contribution in [3.8, 4) is 11.5 Å². The van der Waals surface area contributed by atoms with Gasteiger partial charge < -0.3 is 10.2 Å². The minimum absolute atomic E-state index is 0.0150. The second kappa shape index (κ2) is 3.44. The number of aliphatic imine (C=N–C) groups is 1. The number of hydrogen-bond acceptors (Lipinski definition) is 3.